The Morgan fingerprint density at radius 3 is 2.52 bits per heavy atom. The van der Waals surface area contributed by atoms with Crippen LogP contribution in [0.4, 0.5) is 0 Å². The lowest BCUT2D eigenvalue weighted by Gasteiger charge is -2.11. The zero-order chi connectivity index (χ0) is 23.3. The highest BCUT2D eigenvalue weighted by Crippen LogP contribution is 2.24. The molecule has 1 heterocycles. The Morgan fingerprint density at radius 2 is 1.79 bits per heavy atom. The number of carbonyl (C=O) groups is 1. The van der Waals surface area contributed by atoms with E-state index in [2.05, 4.69) is 40.4 Å². The molecule has 0 bridgehead atoms. The highest BCUT2D eigenvalue weighted by molar-refractivity contribution is 7.98. The van der Waals surface area contributed by atoms with Crippen molar-refractivity contribution in [1.29, 1.82) is 0 Å². The number of hydrogen-bond donors (Lipinski definition) is 3. The summed E-state index contributed by atoms with van der Waals surface area (Å²) < 4.78 is 5.87. The van der Waals surface area contributed by atoms with Gasteiger partial charge in [-0.15, -0.1) is 11.8 Å². The first kappa shape index (κ1) is 25.3. The van der Waals surface area contributed by atoms with Crippen molar-refractivity contribution in [3.63, 3.8) is 0 Å². The number of unbranched alkanes of at least 4 members (excludes halogenated alkanes) is 5. The molecule has 1 aliphatic rings. The van der Waals surface area contributed by atoms with Gasteiger partial charge in [-0.3, -0.25) is 4.79 Å². The molecule has 3 N–H and O–H groups in total. The smallest absolute Gasteiger partial charge is 0.258 e. The molecule has 0 aromatic heterocycles. The number of hydrazone groups is 1. The van der Waals surface area contributed by atoms with Gasteiger partial charge >= 0.3 is 0 Å². The van der Waals surface area contributed by atoms with Crippen molar-refractivity contribution in [3.05, 3.63) is 59.7 Å². The van der Waals surface area contributed by atoms with E-state index in [-0.39, 0.29) is 18.0 Å². The molecule has 33 heavy (non-hydrogen) atoms. The summed E-state index contributed by atoms with van der Waals surface area (Å²) in [6.07, 6.45) is 11.9. The van der Waals surface area contributed by atoms with Crippen molar-refractivity contribution in [3.8, 4) is 5.75 Å². The molecule has 178 valence electrons. The lowest BCUT2D eigenvalue weighted by Crippen LogP contribution is -2.41. The molecular formula is C26H36N4O2S. The van der Waals surface area contributed by atoms with Gasteiger partial charge in [-0.1, -0.05) is 63.3 Å². The summed E-state index contributed by atoms with van der Waals surface area (Å²) in [6.45, 7) is 3.00. The minimum absolute atomic E-state index is 0.0661. The van der Waals surface area contributed by atoms with Gasteiger partial charge in [0.15, 0.2) is 0 Å². The average Bonchev–Trinajstić information content (AvgIpc) is 3.35. The summed E-state index contributed by atoms with van der Waals surface area (Å²) >= 11 is 1.69. The van der Waals surface area contributed by atoms with Gasteiger partial charge in [-0.25, -0.2) is 16.3 Å². The van der Waals surface area contributed by atoms with Gasteiger partial charge in [0, 0.05) is 10.9 Å². The predicted octanol–water partition coefficient (Wildman–Crippen LogP) is 5.21. The van der Waals surface area contributed by atoms with Crippen LogP contribution in [0.1, 0.15) is 69.0 Å². The molecule has 7 heteroatoms. The topological polar surface area (TPSA) is 74.8 Å². The Morgan fingerprint density at radius 1 is 1.06 bits per heavy atom. The summed E-state index contributed by atoms with van der Waals surface area (Å²) in [7, 11) is 0. The summed E-state index contributed by atoms with van der Waals surface area (Å²) in [5.74, 6) is 0.744. The van der Waals surface area contributed by atoms with Gasteiger partial charge in [0.05, 0.1) is 12.8 Å². The van der Waals surface area contributed by atoms with Crippen LogP contribution in [0.3, 0.4) is 0 Å². The zero-order valence-corrected chi connectivity index (χ0v) is 20.5. The van der Waals surface area contributed by atoms with Crippen LogP contribution in [0.5, 0.6) is 5.75 Å². The fourth-order valence-corrected chi connectivity index (χ4v) is 4.16. The molecule has 1 amide bonds. The molecule has 0 radical (unpaired) electrons. The third-order valence-corrected chi connectivity index (χ3v) is 6.52. The molecule has 1 aliphatic heterocycles. The number of amides is 1. The molecule has 2 aromatic carbocycles. The molecule has 0 aliphatic carbocycles. The van der Waals surface area contributed by atoms with Crippen LogP contribution in [0.25, 0.3) is 0 Å². The van der Waals surface area contributed by atoms with Crippen molar-refractivity contribution in [2.75, 3.05) is 12.9 Å². The van der Waals surface area contributed by atoms with E-state index >= 15 is 0 Å². The molecule has 0 spiro atoms. The summed E-state index contributed by atoms with van der Waals surface area (Å²) in [6, 6.07) is 15.9. The zero-order valence-electron chi connectivity index (χ0n) is 19.7. The van der Waals surface area contributed by atoms with Crippen molar-refractivity contribution in [1.82, 2.24) is 16.3 Å². The Balaban J connectivity index is 1.37. The maximum atomic E-state index is 12.4. The van der Waals surface area contributed by atoms with E-state index in [0.29, 0.717) is 6.42 Å². The second-order valence-electron chi connectivity index (χ2n) is 8.32. The van der Waals surface area contributed by atoms with Gasteiger partial charge in [-0.2, -0.15) is 5.10 Å². The Labute approximate surface area is 201 Å². The summed E-state index contributed by atoms with van der Waals surface area (Å²) in [5, 5.41) is 4.09. The van der Waals surface area contributed by atoms with Gasteiger partial charge < -0.3 is 4.74 Å². The molecule has 3 rings (SSSR count). The Kier molecular flexibility index (Phi) is 10.7. The number of benzene rings is 2. The number of ether oxygens (including phenoxy) is 1. The fourth-order valence-electron chi connectivity index (χ4n) is 3.75. The number of hydrazine groups is 1. The number of carbonyl (C=O) groups excluding carboxylic acids is 1. The van der Waals surface area contributed by atoms with Crippen LogP contribution in [-0.4, -0.2) is 31.0 Å². The van der Waals surface area contributed by atoms with E-state index in [4.69, 9.17) is 4.74 Å². The van der Waals surface area contributed by atoms with Crippen LogP contribution in [0.2, 0.25) is 0 Å². The first-order valence-corrected chi connectivity index (χ1v) is 13.1. The predicted molar refractivity (Wildman–Crippen MR) is 137 cm³/mol. The number of nitrogens with one attached hydrogen (secondary N) is 3. The van der Waals surface area contributed by atoms with E-state index in [9.17, 15) is 4.79 Å². The second kappa shape index (κ2) is 14.0. The van der Waals surface area contributed by atoms with E-state index < -0.39 is 0 Å². The highest BCUT2D eigenvalue weighted by atomic mass is 32.2. The third-order valence-electron chi connectivity index (χ3n) is 5.77. The molecule has 2 unspecified atom stereocenters. The SMILES string of the molecule is CCCCCCCCOc1ccc(C2CC(C(=O)N/N=C/c3ccc(SC)cc3)NN2)cc1. The first-order valence-electron chi connectivity index (χ1n) is 11.9. The fraction of sp³-hybridized carbons (Fsp3) is 0.462. The maximum absolute atomic E-state index is 12.4. The van der Waals surface area contributed by atoms with Crippen LogP contribution in [0, 0.1) is 0 Å². The second-order valence-corrected chi connectivity index (χ2v) is 9.20. The van der Waals surface area contributed by atoms with E-state index in [1.807, 2.05) is 42.7 Å². The normalized spacial score (nSPS) is 18.0. The number of rotatable bonds is 13. The molecule has 1 saturated heterocycles. The standard InChI is InChI=1S/C26H36N4O2S/c1-3-4-5-6-7-8-17-32-22-13-11-21(12-14-22)24-18-25(29-28-24)26(31)30-27-19-20-9-15-23(33-2)16-10-20/h9-16,19,24-25,28-29H,3-8,17-18H2,1-2H3,(H,30,31)/b27-19+. The highest BCUT2D eigenvalue weighted by Gasteiger charge is 2.30. The van der Waals surface area contributed by atoms with E-state index in [0.717, 1.165) is 29.9 Å². The van der Waals surface area contributed by atoms with Gasteiger partial charge in [0.25, 0.3) is 5.91 Å². The molecule has 1 fully saturated rings. The molecule has 2 atom stereocenters. The van der Waals surface area contributed by atoms with Crippen LogP contribution < -0.4 is 21.0 Å². The minimum atomic E-state index is -0.338. The Hall–Kier alpha value is -2.35. The number of nitrogens with zero attached hydrogens (tertiary/aromatic N) is 1. The largest absolute Gasteiger partial charge is 0.494 e. The van der Waals surface area contributed by atoms with Crippen LogP contribution in [-0.2, 0) is 4.79 Å². The Bertz CT molecular complexity index is 871. The lowest BCUT2D eigenvalue weighted by atomic mass is 10.0. The molecular weight excluding hydrogens is 432 g/mol. The van der Waals surface area contributed by atoms with Crippen molar-refractivity contribution < 1.29 is 9.53 Å². The quantitative estimate of drug-likeness (QED) is 0.163. The van der Waals surface area contributed by atoms with Gasteiger partial charge in [0.1, 0.15) is 11.8 Å². The van der Waals surface area contributed by atoms with Gasteiger partial charge in [0.2, 0.25) is 0 Å². The molecule has 6 nitrogen and oxygen atoms in total. The van der Waals surface area contributed by atoms with Crippen molar-refractivity contribution >= 4 is 23.9 Å². The lowest BCUT2D eigenvalue weighted by molar-refractivity contribution is -0.122. The summed E-state index contributed by atoms with van der Waals surface area (Å²) in [5.41, 5.74) is 11.0. The van der Waals surface area contributed by atoms with E-state index in [1.165, 1.54) is 37.0 Å². The minimum Gasteiger partial charge on any atom is -0.494 e. The van der Waals surface area contributed by atoms with E-state index in [1.54, 1.807) is 18.0 Å². The number of thioether (sulfide) groups is 1. The van der Waals surface area contributed by atoms with Gasteiger partial charge in [-0.05, 0) is 54.5 Å². The third kappa shape index (κ3) is 8.50. The molecule has 2 aromatic rings. The maximum Gasteiger partial charge on any atom is 0.258 e. The summed E-state index contributed by atoms with van der Waals surface area (Å²) in [4.78, 5) is 13.6. The first-order chi connectivity index (χ1) is 16.2. The van der Waals surface area contributed by atoms with Crippen LogP contribution in [0.15, 0.2) is 58.5 Å². The van der Waals surface area contributed by atoms with Crippen LogP contribution >= 0.6 is 11.8 Å². The monoisotopic (exact) mass is 468 g/mol. The van der Waals surface area contributed by atoms with Crippen molar-refractivity contribution in [2.24, 2.45) is 5.10 Å². The molecule has 0 saturated carbocycles. The average molecular weight is 469 g/mol. The number of hydrogen-bond acceptors (Lipinski definition) is 6. The van der Waals surface area contributed by atoms with Crippen molar-refractivity contribution in [2.45, 2.75) is 68.8 Å².